The Kier molecular flexibility index (Phi) is 14.0. The van der Waals surface area contributed by atoms with Gasteiger partial charge < -0.3 is 10.6 Å². The van der Waals surface area contributed by atoms with Crippen molar-refractivity contribution in [2.45, 2.75) is 58.8 Å². The molecule has 0 amide bonds. The molecule has 0 bridgehead atoms. The molecule has 0 aromatic carbocycles. The Balaban J connectivity index is 0.00000441. The molecule has 0 aliphatic carbocycles. The Labute approximate surface area is 156 Å². The normalized spacial score (nSPS) is 11.1. The lowest BCUT2D eigenvalue weighted by molar-refractivity contribution is 0.641. The molecular weight excluding hydrogens is 407 g/mol. The monoisotopic (exact) mass is 438 g/mol. The summed E-state index contributed by atoms with van der Waals surface area (Å²) in [5.41, 5.74) is 1.14. The first kappa shape index (κ1) is 21.6. The zero-order valence-corrected chi connectivity index (χ0v) is 17.3. The van der Waals surface area contributed by atoms with Gasteiger partial charge in [0, 0.05) is 31.2 Å². The average Bonchev–Trinajstić information content (AvgIpc) is 2.90. The van der Waals surface area contributed by atoms with Crippen molar-refractivity contribution in [2.75, 3.05) is 20.1 Å². The number of thiazole rings is 1. The van der Waals surface area contributed by atoms with Crippen molar-refractivity contribution in [3.05, 3.63) is 16.1 Å². The average molecular weight is 438 g/mol. The quantitative estimate of drug-likeness (QED) is 0.250. The van der Waals surface area contributed by atoms with E-state index >= 15 is 0 Å². The van der Waals surface area contributed by atoms with Crippen molar-refractivity contribution in [2.24, 2.45) is 4.99 Å². The number of nitrogens with zero attached hydrogens (tertiary/aromatic N) is 2. The molecule has 0 saturated heterocycles. The molecule has 0 fully saturated rings. The van der Waals surface area contributed by atoms with Gasteiger partial charge in [0.2, 0.25) is 0 Å². The van der Waals surface area contributed by atoms with Crippen LogP contribution >= 0.6 is 35.3 Å². The largest absolute Gasteiger partial charge is 0.356 e. The zero-order valence-electron chi connectivity index (χ0n) is 14.2. The molecular formula is C16H31IN4S. The molecule has 0 aliphatic rings. The van der Waals surface area contributed by atoms with Crippen LogP contribution in [0.25, 0.3) is 0 Å². The highest BCUT2D eigenvalue weighted by Gasteiger charge is 1.99. The molecule has 0 atom stereocenters. The summed E-state index contributed by atoms with van der Waals surface area (Å²) in [6.45, 7) is 6.27. The summed E-state index contributed by atoms with van der Waals surface area (Å²) in [4.78, 5) is 8.74. The molecule has 128 valence electrons. The Morgan fingerprint density at radius 1 is 1.14 bits per heavy atom. The number of hydrogen-bond donors (Lipinski definition) is 2. The Bertz CT molecular complexity index is 407. The van der Waals surface area contributed by atoms with Crippen LogP contribution in [0.5, 0.6) is 0 Å². The number of nitrogens with one attached hydrogen (secondary N) is 2. The van der Waals surface area contributed by atoms with Gasteiger partial charge in [0.1, 0.15) is 0 Å². The van der Waals surface area contributed by atoms with Gasteiger partial charge in [0.05, 0.1) is 5.01 Å². The maximum Gasteiger partial charge on any atom is 0.190 e. The molecule has 0 unspecified atom stereocenters. The lowest BCUT2D eigenvalue weighted by Gasteiger charge is -2.11. The third-order valence-corrected chi connectivity index (χ3v) is 4.35. The first-order valence-corrected chi connectivity index (χ1v) is 8.99. The fourth-order valence-corrected chi connectivity index (χ4v) is 2.92. The van der Waals surface area contributed by atoms with Crippen molar-refractivity contribution in [1.29, 1.82) is 0 Å². The fourth-order valence-electron chi connectivity index (χ4n) is 2.10. The van der Waals surface area contributed by atoms with Gasteiger partial charge in [-0.05, 0) is 32.6 Å². The molecule has 2 N–H and O–H groups in total. The van der Waals surface area contributed by atoms with Crippen LogP contribution in [0.3, 0.4) is 0 Å². The van der Waals surface area contributed by atoms with Crippen LogP contribution in [0, 0.1) is 6.92 Å². The standard InChI is InChI=1S/C16H30N4S.HI/c1-4-5-6-8-11-18-16(17-3)19-12-9-7-10-15-20-14(2)13-21-15;/h13H,4-12H2,1-3H3,(H2,17,18,19);1H. The van der Waals surface area contributed by atoms with Gasteiger partial charge in [-0.25, -0.2) is 4.98 Å². The number of aromatic nitrogens is 1. The summed E-state index contributed by atoms with van der Waals surface area (Å²) in [6, 6.07) is 0. The van der Waals surface area contributed by atoms with E-state index in [1.54, 1.807) is 11.3 Å². The number of aryl methyl sites for hydroxylation is 2. The maximum atomic E-state index is 4.49. The minimum atomic E-state index is 0. The number of halogens is 1. The molecule has 0 aliphatic heterocycles. The Hall–Kier alpha value is -0.370. The van der Waals surface area contributed by atoms with Crippen molar-refractivity contribution in [3.63, 3.8) is 0 Å². The minimum Gasteiger partial charge on any atom is -0.356 e. The van der Waals surface area contributed by atoms with Crippen LogP contribution < -0.4 is 10.6 Å². The van der Waals surface area contributed by atoms with E-state index in [0.717, 1.165) is 37.6 Å². The van der Waals surface area contributed by atoms with Crippen molar-refractivity contribution in [3.8, 4) is 0 Å². The van der Waals surface area contributed by atoms with Crippen LogP contribution in [0.2, 0.25) is 0 Å². The van der Waals surface area contributed by atoms with Crippen LogP contribution in [0.1, 0.15) is 56.2 Å². The van der Waals surface area contributed by atoms with E-state index in [9.17, 15) is 0 Å². The van der Waals surface area contributed by atoms with Crippen molar-refractivity contribution >= 4 is 41.3 Å². The highest BCUT2D eigenvalue weighted by molar-refractivity contribution is 14.0. The SMILES string of the molecule is CCCCCCNC(=NC)NCCCCc1nc(C)cs1.I. The van der Waals surface area contributed by atoms with E-state index in [1.807, 2.05) is 7.05 Å². The molecule has 1 heterocycles. The number of rotatable bonds is 10. The number of unbranched alkanes of at least 4 members (excludes halogenated alkanes) is 4. The summed E-state index contributed by atoms with van der Waals surface area (Å²) in [7, 11) is 1.83. The van der Waals surface area contributed by atoms with E-state index in [2.05, 4.69) is 39.8 Å². The van der Waals surface area contributed by atoms with E-state index in [0.29, 0.717) is 0 Å². The smallest absolute Gasteiger partial charge is 0.190 e. The molecule has 0 spiro atoms. The summed E-state index contributed by atoms with van der Waals surface area (Å²) in [5.74, 6) is 0.927. The van der Waals surface area contributed by atoms with Crippen LogP contribution in [0.4, 0.5) is 0 Å². The number of hydrogen-bond acceptors (Lipinski definition) is 3. The first-order valence-electron chi connectivity index (χ1n) is 8.11. The summed E-state index contributed by atoms with van der Waals surface area (Å²) < 4.78 is 0. The molecule has 0 saturated carbocycles. The second kappa shape index (κ2) is 14.2. The van der Waals surface area contributed by atoms with Gasteiger partial charge in [0.15, 0.2) is 5.96 Å². The van der Waals surface area contributed by atoms with E-state index in [4.69, 9.17) is 0 Å². The molecule has 1 aromatic rings. The second-order valence-corrected chi connectivity index (χ2v) is 6.27. The highest BCUT2D eigenvalue weighted by Crippen LogP contribution is 2.11. The van der Waals surface area contributed by atoms with Crippen LogP contribution in [-0.4, -0.2) is 31.1 Å². The maximum absolute atomic E-state index is 4.49. The Morgan fingerprint density at radius 2 is 1.82 bits per heavy atom. The van der Waals surface area contributed by atoms with E-state index in [1.165, 1.54) is 37.1 Å². The summed E-state index contributed by atoms with van der Waals surface area (Å²) >= 11 is 1.77. The van der Waals surface area contributed by atoms with Gasteiger partial charge in [-0.1, -0.05) is 26.2 Å². The predicted molar refractivity (Wildman–Crippen MR) is 109 cm³/mol. The summed E-state index contributed by atoms with van der Waals surface area (Å²) in [5, 5.41) is 10.1. The zero-order chi connectivity index (χ0) is 15.3. The lowest BCUT2D eigenvalue weighted by atomic mass is 10.2. The lowest BCUT2D eigenvalue weighted by Crippen LogP contribution is -2.38. The van der Waals surface area contributed by atoms with Gasteiger partial charge in [-0.3, -0.25) is 4.99 Å². The first-order chi connectivity index (χ1) is 10.3. The molecule has 0 radical (unpaired) electrons. The molecule has 1 aromatic heterocycles. The topological polar surface area (TPSA) is 49.3 Å². The second-order valence-electron chi connectivity index (χ2n) is 5.33. The van der Waals surface area contributed by atoms with Gasteiger partial charge in [-0.15, -0.1) is 35.3 Å². The van der Waals surface area contributed by atoms with Crippen LogP contribution in [-0.2, 0) is 6.42 Å². The molecule has 4 nitrogen and oxygen atoms in total. The fraction of sp³-hybridized carbons (Fsp3) is 0.750. The third kappa shape index (κ3) is 10.4. The summed E-state index contributed by atoms with van der Waals surface area (Å²) in [6.07, 6.45) is 8.53. The van der Waals surface area contributed by atoms with Crippen molar-refractivity contribution < 1.29 is 0 Å². The predicted octanol–water partition coefficient (Wildman–Crippen LogP) is 4.14. The highest BCUT2D eigenvalue weighted by atomic mass is 127. The number of guanidine groups is 1. The van der Waals surface area contributed by atoms with E-state index < -0.39 is 0 Å². The minimum absolute atomic E-state index is 0. The molecule has 1 rings (SSSR count). The molecule has 6 heteroatoms. The van der Waals surface area contributed by atoms with E-state index in [-0.39, 0.29) is 24.0 Å². The van der Waals surface area contributed by atoms with Gasteiger partial charge >= 0.3 is 0 Å². The van der Waals surface area contributed by atoms with Gasteiger partial charge in [-0.2, -0.15) is 0 Å². The van der Waals surface area contributed by atoms with Crippen LogP contribution in [0.15, 0.2) is 10.4 Å². The van der Waals surface area contributed by atoms with Crippen molar-refractivity contribution in [1.82, 2.24) is 15.6 Å². The Morgan fingerprint density at radius 3 is 2.36 bits per heavy atom. The van der Waals surface area contributed by atoms with Gasteiger partial charge in [0.25, 0.3) is 0 Å². The molecule has 22 heavy (non-hydrogen) atoms. The number of aliphatic imine (C=N–C) groups is 1. The third-order valence-electron chi connectivity index (χ3n) is 3.32.